The number of fused-ring (bicyclic) bond motifs is 13. The molecule has 5 nitrogen and oxygen atoms in total. The largest absolute Gasteiger partial charge is 0.311 e. The van der Waals surface area contributed by atoms with Crippen molar-refractivity contribution >= 4 is 123 Å². The summed E-state index contributed by atoms with van der Waals surface area (Å²) in [5.41, 5.74) is 24.3. The smallest absolute Gasteiger partial charge is 0.252 e. The van der Waals surface area contributed by atoms with Crippen molar-refractivity contribution in [1.29, 1.82) is 0 Å². The van der Waals surface area contributed by atoms with Crippen molar-refractivity contribution in [2.75, 3.05) is 9.80 Å². The van der Waals surface area contributed by atoms with E-state index in [9.17, 15) is 8.22 Å². The van der Waals surface area contributed by atoms with Gasteiger partial charge in [-0.25, -0.2) is 0 Å². The van der Waals surface area contributed by atoms with Crippen LogP contribution in [-0.2, 0) is 21.7 Å². The number of hydrogen-bond acceptors (Lipinski definition) is 2. The molecule has 6 heteroatoms. The van der Waals surface area contributed by atoms with Crippen LogP contribution in [0.4, 0.5) is 34.1 Å². The van der Waals surface area contributed by atoms with Gasteiger partial charge < -0.3 is 23.5 Å². The average molecular weight is 1450 g/mol. The highest BCUT2D eigenvalue weighted by Crippen LogP contribution is 2.53. The van der Waals surface area contributed by atoms with Gasteiger partial charge in [0.05, 0.1) is 58.2 Å². The molecule has 3 aromatic heterocycles. The molecule has 0 atom stereocenters. The molecule has 0 bridgehead atoms. The van der Waals surface area contributed by atoms with Crippen LogP contribution in [0.25, 0.3) is 127 Å². The molecule has 112 heavy (non-hydrogen) atoms. The lowest BCUT2D eigenvalue weighted by Crippen LogP contribution is -2.61. The van der Waals surface area contributed by atoms with E-state index in [2.05, 4.69) is 313 Å². The summed E-state index contributed by atoms with van der Waals surface area (Å²) in [5, 5.41) is 6.54. The van der Waals surface area contributed by atoms with Gasteiger partial charge in [0, 0.05) is 72.1 Å². The zero-order chi connectivity index (χ0) is 85.1. The average Bonchev–Trinajstić information content (AvgIpc) is 1.14. The Morgan fingerprint density at radius 1 is 0.241 bits per heavy atom. The Bertz CT molecular complexity index is 7240. The van der Waals surface area contributed by atoms with Crippen LogP contribution in [0.1, 0.15) is 119 Å². The van der Waals surface area contributed by atoms with Crippen LogP contribution in [0.15, 0.2) is 327 Å². The molecule has 0 amide bonds. The van der Waals surface area contributed by atoms with Gasteiger partial charge in [-0.3, -0.25) is 0 Å². The van der Waals surface area contributed by atoms with E-state index in [0.29, 0.717) is 33.9 Å². The fourth-order valence-electron chi connectivity index (χ4n) is 17.8. The van der Waals surface area contributed by atoms with Crippen LogP contribution in [-0.4, -0.2) is 20.4 Å². The summed E-state index contributed by atoms with van der Waals surface area (Å²) >= 11 is 0. The monoisotopic (exact) mass is 1450 g/mol. The van der Waals surface area contributed by atoms with Crippen LogP contribution in [0.3, 0.4) is 0 Å². The Labute approximate surface area is 672 Å². The number of hydrogen-bond donors (Lipinski definition) is 0. The van der Waals surface area contributed by atoms with Gasteiger partial charge in [0.25, 0.3) is 6.71 Å². The Morgan fingerprint density at radius 3 is 1.12 bits per heavy atom. The first kappa shape index (κ1) is 58.3. The highest BCUT2D eigenvalue weighted by molar-refractivity contribution is 7.00. The Kier molecular flexibility index (Phi) is 13.3. The van der Waals surface area contributed by atoms with Crippen LogP contribution in [0, 0.1) is 0 Å². The van der Waals surface area contributed by atoms with Gasteiger partial charge in [0.15, 0.2) is 0 Å². The number of anilines is 6. The normalized spacial score (nSPS) is 14.4. The molecule has 0 saturated carbocycles. The van der Waals surface area contributed by atoms with Crippen LogP contribution >= 0.6 is 0 Å². The molecule has 0 N–H and O–H groups in total. The lowest BCUT2D eigenvalue weighted by molar-refractivity contribution is 0.590. The first-order valence-corrected chi connectivity index (χ1v) is 39.0. The molecule has 15 aromatic carbocycles. The molecule has 0 radical (unpaired) electrons. The highest BCUT2D eigenvalue weighted by atomic mass is 15.2. The number of nitrogens with zero attached hydrogens (tertiary/aromatic N) is 5. The highest BCUT2D eigenvalue weighted by Gasteiger charge is 2.45. The molecule has 18 aromatic rings. The number of aromatic nitrogens is 3. The summed E-state index contributed by atoms with van der Waals surface area (Å²) in [6, 6.07) is 91.0. The van der Waals surface area contributed by atoms with Crippen LogP contribution < -0.4 is 26.2 Å². The van der Waals surface area contributed by atoms with Crippen molar-refractivity contribution < 1.29 is 13.7 Å². The Hall–Kier alpha value is -12.6. The van der Waals surface area contributed by atoms with Crippen molar-refractivity contribution in [3.05, 3.63) is 350 Å². The van der Waals surface area contributed by atoms with Gasteiger partial charge in [0.2, 0.25) is 0 Å². The van der Waals surface area contributed by atoms with E-state index in [1.165, 1.54) is 22.3 Å². The molecule has 0 aliphatic carbocycles. The van der Waals surface area contributed by atoms with Crippen molar-refractivity contribution in [3.8, 4) is 61.6 Å². The van der Waals surface area contributed by atoms with Crippen LogP contribution in [0.5, 0.6) is 0 Å². The van der Waals surface area contributed by atoms with Gasteiger partial charge in [-0.2, -0.15) is 0 Å². The minimum atomic E-state index is -0.652. The van der Waals surface area contributed by atoms with Crippen LogP contribution in [0.2, 0.25) is 0 Å². The first-order valence-electron chi connectivity index (χ1n) is 44.0. The Morgan fingerprint density at radius 2 is 0.643 bits per heavy atom. The van der Waals surface area contributed by atoms with E-state index < -0.39 is 43.0 Å². The zero-order valence-electron chi connectivity index (χ0n) is 75.2. The maximum Gasteiger partial charge on any atom is 0.252 e. The molecule has 20 rings (SSSR count). The zero-order valence-corrected chi connectivity index (χ0v) is 65.2. The molecule has 0 spiro atoms. The fourth-order valence-corrected chi connectivity index (χ4v) is 17.8. The Balaban J connectivity index is 0.969. The summed E-state index contributed by atoms with van der Waals surface area (Å²) in [6.45, 7) is 26.5. The quantitative estimate of drug-likeness (QED) is 0.134. The number of benzene rings is 15. The second-order valence-electron chi connectivity index (χ2n) is 34.7. The van der Waals surface area contributed by atoms with Crippen molar-refractivity contribution in [2.45, 2.75) is 105 Å². The first-order chi connectivity index (χ1) is 58.2. The molecular formula is C106H90BN5. The summed E-state index contributed by atoms with van der Waals surface area (Å²) in [7, 11) is 0. The summed E-state index contributed by atoms with van der Waals surface area (Å²) in [5.74, 6) is 0. The van der Waals surface area contributed by atoms with Gasteiger partial charge in [-0.1, -0.05) is 289 Å². The van der Waals surface area contributed by atoms with Gasteiger partial charge >= 0.3 is 0 Å². The van der Waals surface area contributed by atoms with Crippen molar-refractivity contribution in [1.82, 2.24) is 13.7 Å². The van der Waals surface area contributed by atoms with Gasteiger partial charge in [-0.15, -0.1) is 0 Å². The molecule has 542 valence electrons. The minimum Gasteiger partial charge on any atom is -0.311 e. The third-order valence-electron chi connectivity index (χ3n) is 23.5. The van der Waals surface area contributed by atoms with Crippen molar-refractivity contribution in [3.63, 3.8) is 0 Å². The predicted molar refractivity (Wildman–Crippen MR) is 480 cm³/mol. The molecule has 2 aliphatic rings. The van der Waals surface area contributed by atoms with E-state index in [1.54, 1.807) is 0 Å². The molecular weight excluding hydrogens is 1350 g/mol. The third kappa shape index (κ3) is 11.1. The summed E-state index contributed by atoms with van der Waals surface area (Å²) in [6.07, 6.45) is 0. The summed E-state index contributed by atoms with van der Waals surface area (Å²) < 4.78 is 102. The predicted octanol–water partition coefficient (Wildman–Crippen LogP) is 26.9. The van der Waals surface area contributed by atoms with E-state index in [1.807, 2.05) is 60.7 Å². The van der Waals surface area contributed by atoms with Gasteiger partial charge in [0.1, 0.15) is 0 Å². The van der Waals surface area contributed by atoms with E-state index in [4.69, 9.17) is 5.48 Å². The summed E-state index contributed by atoms with van der Waals surface area (Å²) in [4.78, 5) is 4.59. The molecule has 0 fully saturated rings. The lowest BCUT2D eigenvalue weighted by Gasteiger charge is -2.45. The van der Waals surface area contributed by atoms with E-state index in [-0.39, 0.29) is 57.0 Å². The van der Waals surface area contributed by atoms with Crippen molar-refractivity contribution in [2.24, 2.45) is 0 Å². The topological polar surface area (TPSA) is 21.3 Å². The molecule has 0 saturated heterocycles. The van der Waals surface area contributed by atoms with E-state index >= 15 is 0 Å². The fraction of sp³-hybridized carbons (Fsp3) is 0.151. The molecule has 0 unspecified atom stereocenters. The molecule has 5 heterocycles. The standard InChI is InChI=1S/C106H90BN5/c1-103(2,3)75-45-52-90-84(62-75)85-63-76(104(4,5)6)46-53-91(85)108(90)80-49-51-89-97(66-80)112(95-43-29-41-83-82-40-28-42-94(101(82)110(102(83)95)79-38-26-17-27-39-79)111-92-54-47-77(105(7,8)9)64-86(92)87-65-78(106(10,11)12)48-55-93(87)111)99-61-74(70-36-24-16-25-37-70)60-98-100(99)107(89)88-50-44-71(67-30-18-13-19-31-67)59-96(88)109(98)81-57-72(68-32-20-14-21-33-68)56-73(58-81)69-34-22-15-23-35-69/h13-66H,1-12H3/i13D,16D,18D,19D,24D,25D,30D,31D,36D,37D. The maximum atomic E-state index is 10.1. The minimum absolute atomic E-state index is 0.000985. The lowest BCUT2D eigenvalue weighted by atomic mass is 9.33. The number of rotatable bonds is 9. The van der Waals surface area contributed by atoms with E-state index in [0.717, 1.165) is 132 Å². The third-order valence-corrected chi connectivity index (χ3v) is 23.5. The molecule has 2 aliphatic heterocycles. The SMILES string of the molecule is [2H]c1c([2H])c([2H])c(-c2ccc3c(c2)N(c2cc(-c4ccccc4)cc(-c4ccccc4)c2)c2cc(-c4c([2H])c([2H])c([2H])c([2H])c4[2H])cc4c2B3c2ccc(-n3c5ccc(C(C)(C)C)cc5c5cc(C(C)(C)C)ccc53)cc2N4c2cccc3c4cccc(-n5c6ccc(C(C)(C)C)cc6c6cc(C(C)(C)C)ccc65)c4n(-c4ccccc4)c23)c([2H])c1[2H]. The second kappa shape index (κ2) is 25.5. The number of para-hydroxylation sites is 3. The van der Waals surface area contributed by atoms with Gasteiger partial charge in [-0.05, 0) is 226 Å². The second-order valence-corrected chi connectivity index (χ2v) is 34.7. The maximum absolute atomic E-state index is 10.1.